The third kappa shape index (κ3) is 1.70. The Labute approximate surface area is 63.0 Å². The van der Waals surface area contributed by atoms with Gasteiger partial charge in [0.1, 0.15) is 0 Å². The van der Waals surface area contributed by atoms with Gasteiger partial charge in [-0.2, -0.15) is 0 Å². The zero-order valence-electron chi connectivity index (χ0n) is 6.89. The molecule has 0 aromatic rings. The summed E-state index contributed by atoms with van der Waals surface area (Å²) in [7, 11) is 3.78. The van der Waals surface area contributed by atoms with E-state index in [1.54, 1.807) is 7.11 Å². The molecule has 0 aromatic heterocycles. The Morgan fingerprint density at radius 3 is 2.60 bits per heavy atom. The molecule has 1 unspecified atom stereocenters. The molecule has 1 atom stereocenters. The summed E-state index contributed by atoms with van der Waals surface area (Å²) in [5.74, 6) is 0.831. The van der Waals surface area contributed by atoms with Crippen LogP contribution in [0.15, 0.2) is 0 Å². The maximum Gasteiger partial charge on any atom is 0.0723 e. The molecule has 1 N–H and O–H groups in total. The maximum atomic E-state index is 5.33. The van der Waals surface area contributed by atoms with E-state index < -0.39 is 0 Å². The molecule has 1 fully saturated rings. The van der Waals surface area contributed by atoms with E-state index >= 15 is 0 Å². The molecular weight excluding hydrogens is 126 g/mol. The van der Waals surface area contributed by atoms with Crippen molar-refractivity contribution in [3.05, 3.63) is 0 Å². The van der Waals surface area contributed by atoms with Gasteiger partial charge in [0.05, 0.1) is 6.10 Å². The van der Waals surface area contributed by atoms with Gasteiger partial charge in [0, 0.05) is 13.7 Å². The topological polar surface area (TPSA) is 21.3 Å². The highest BCUT2D eigenvalue weighted by Crippen LogP contribution is 2.30. The lowest BCUT2D eigenvalue weighted by molar-refractivity contribution is 0.0213. The average molecular weight is 143 g/mol. The molecule has 0 aromatic carbocycles. The standard InChI is InChI=1S/C8H17NO/c1-9-6-8(10-2)7-4-3-5-7/h7-9H,3-6H2,1-2H3. The molecule has 60 valence electrons. The van der Waals surface area contributed by atoms with Gasteiger partial charge in [-0.25, -0.2) is 0 Å². The van der Waals surface area contributed by atoms with Gasteiger partial charge in [-0.15, -0.1) is 0 Å². The predicted octanol–water partition coefficient (Wildman–Crippen LogP) is 1.02. The minimum atomic E-state index is 0.457. The van der Waals surface area contributed by atoms with E-state index in [1.165, 1.54) is 19.3 Å². The predicted molar refractivity (Wildman–Crippen MR) is 42.1 cm³/mol. The molecule has 0 radical (unpaired) electrons. The highest BCUT2D eigenvalue weighted by Gasteiger charge is 2.26. The summed E-state index contributed by atoms with van der Waals surface area (Å²) in [5, 5.41) is 3.14. The van der Waals surface area contributed by atoms with Gasteiger partial charge in [0.15, 0.2) is 0 Å². The molecule has 1 aliphatic rings. The van der Waals surface area contributed by atoms with E-state index in [0.717, 1.165) is 12.5 Å². The number of ether oxygens (including phenoxy) is 1. The smallest absolute Gasteiger partial charge is 0.0723 e. The maximum absolute atomic E-state index is 5.33. The fourth-order valence-electron chi connectivity index (χ4n) is 1.46. The molecule has 2 nitrogen and oxygen atoms in total. The number of methoxy groups -OCH3 is 1. The second-order valence-electron chi connectivity index (χ2n) is 3.02. The first-order chi connectivity index (χ1) is 4.88. The molecule has 10 heavy (non-hydrogen) atoms. The van der Waals surface area contributed by atoms with Crippen molar-refractivity contribution in [1.82, 2.24) is 5.32 Å². The fraction of sp³-hybridized carbons (Fsp3) is 1.00. The van der Waals surface area contributed by atoms with Crippen molar-refractivity contribution >= 4 is 0 Å². The quantitative estimate of drug-likeness (QED) is 0.634. The van der Waals surface area contributed by atoms with Crippen LogP contribution in [0.3, 0.4) is 0 Å². The highest BCUT2D eigenvalue weighted by atomic mass is 16.5. The van der Waals surface area contributed by atoms with Crippen LogP contribution in [0.2, 0.25) is 0 Å². The van der Waals surface area contributed by atoms with Crippen molar-refractivity contribution in [3.8, 4) is 0 Å². The summed E-state index contributed by atoms with van der Waals surface area (Å²) in [5.41, 5.74) is 0. The molecule has 0 amide bonds. The molecule has 0 saturated heterocycles. The lowest BCUT2D eigenvalue weighted by Gasteiger charge is -2.32. The summed E-state index contributed by atoms with van der Waals surface area (Å²) < 4.78 is 5.33. The van der Waals surface area contributed by atoms with E-state index in [9.17, 15) is 0 Å². The average Bonchev–Trinajstić information content (AvgIpc) is 1.83. The summed E-state index contributed by atoms with van der Waals surface area (Å²) in [6.45, 7) is 1.00. The van der Waals surface area contributed by atoms with Gasteiger partial charge in [-0.05, 0) is 25.8 Å². The van der Waals surface area contributed by atoms with Crippen LogP contribution in [-0.4, -0.2) is 26.8 Å². The Bertz CT molecular complexity index is 91.3. The van der Waals surface area contributed by atoms with E-state index in [2.05, 4.69) is 5.32 Å². The molecule has 1 saturated carbocycles. The molecule has 0 heterocycles. The van der Waals surface area contributed by atoms with Crippen molar-refractivity contribution < 1.29 is 4.74 Å². The summed E-state index contributed by atoms with van der Waals surface area (Å²) >= 11 is 0. The van der Waals surface area contributed by atoms with Crippen molar-refractivity contribution in [1.29, 1.82) is 0 Å². The fourth-order valence-corrected chi connectivity index (χ4v) is 1.46. The van der Waals surface area contributed by atoms with Crippen molar-refractivity contribution in [2.75, 3.05) is 20.7 Å². The zero-order valence-corrected chi connectivity index (χ0v) is 6.89. The van der Waals surface area contributed by atoms with Gasteiger partial charge in [-0.1, -0.05) is 6.42 Å². The number of hydrogen-bond donors (Lipinski definition) is 1. The van der Waals surface area contributed by atoms with Crippen LogP contribution in [0.5, 0.6) is 0 Å². The van der Waals surface area contributed by atoms with Crippen LogP contribution in [-0.2, 0) is 4.74 Å². The molecule has 0 bridgehead atoms. The number of likely N-dealkylation sites (N-methyl/N-ethyl adjacent to an activating group) is 1. The molecular formula is C8H17NO. The van der Waals surface area contributed by atoms with Crippen molar-refractivity contribution in [2.24, 2.45) is 5.92 Å². The van der Waals surface area contributed by atoms with Gasteiger partial charge in [0.25, 0.3) is 0 Å². The molecule has 1 rings (SSSR count). The van der Waals surface area contributed by atoms with Crippen LogP contribution in [0, 0.1) is 5.92 Å². The Hall–Kier alpha value is -0.0800. The highest BCUT2D eigenvalue weighted by molar-refractivity contribution is 4.78. The zero-order chi connectivity index (χ0) is 7.40. The van der Waals surface area contributed by atoms with Gasteiger partial charge < -0.3 is 10.1 Å². The lowest BCUT2D eigenvalue weighted by Crippen LogP contribution is -2.36. The lowest BCUT2D eigenvalue weighted by atomic mass is 9.81. The Kier molecular flexibility index (Phi) is 3.16. The van der Waals surface area contributed by atoms with Crippen molar-refractivity contribution in [3.63, 3.8) is 0 Å². The summed E-state index contributed by atoms with van der Waals surface area (Å²) in [4.78, 5) is 0. The normalized spacial score (nSPS) is 22.2. The van der Waals surface area contributed by atoms with Gasteiger partial charge in [-0.3, -0.25) is 0 Å². The largest absolute Gasteiger partial charge is 0.380 e. The Morgan fingerprint density at radius 2 is 2.30 bits per heavy atom. The Balaban J connectivity index is 2.17. The van der Waals surface area contributed by atoms with Crippen LogP contribution in [0.25, 0.3) is 0 Å². The molecule has 0 aliphatic heterocycles. The Morgan fingerprint density at radius 1 is 1.60 bits per heavy atom. The monoisotopic (exact) mass is 143 g/mol. The SMILES string of the molecule is CNCC(OC)C1CCC1. The van der Waals surface area contributed by atoms with Crippen LogP contribution < -0.4 is 5.32 Å². The number of hydrogen-bond acceptors (Lipinski definition) is 2. The second-order valence-corrected chi connectivity index (χ2v) is 3.02. The van der Waals surface area contributed by atoms with E-state index in [4.69, 9.17) is 4.74 Å². The minimum Gasteiger partial charge on any atom is -0.380 e. The first kappa shape index (κ1) is 8.02. The van der Waals surface area contributed by atoms with Gasteiger partial charge >= 0.3 is 0 Å². The first-order valence-electron chi connectivity index (χ1n) is 4.06. The summed E-state index contributed by atoms with van der Waals surface area (Å²) in [6.07, 6.45) is 4.58. The molecule has 0 spiro atoms. The van der Waals surface area contributed by atoms with Crippen LogP contribution in [0.4, 0.5) is 0 Å². The third-order valence-corrected chi connectivity index (χ3v) is 2.38. The minimum absolute atomic E-state index is 0.457. The van der Waals surface area contributed by atoms with Crippen LogP contribution >= 0.6 is 0 Å². The summed E-state index contributed by atoms with van der Waals surface area (Å²) in [6, 6.07) is 0. The number of rotatable bonds is 4. The van der Waals surface area contributed by atoms with E-state index in [-0.39, 0.29) is 0 Å². The number of nitrogens with one attached hydrogen (secondary N) is 1. The van der Waals surface area contributed by atoms with Crippen molar-refractivity contribution in [2.45, 2.75) is 25.4 Å². The van der Waals surface area contributed by atoms with Crippen LogP contribution in [0.1, 0.15) is 19.3 Å². The first-order valence-corrected chi connectivity index (χ1v) is 4.06. The van der Waals surface area contributed by atoms with Gasteiger partial charge in [0.2, 0.25) is 0 Å². The third-order valence-electron chi connectivity index (χ3n) is 2.38. The van der Waals surface area contributed by atoms with E-state index in [0.29, 0.717) is 6.10 Å². The molecule has 2 heteroatoms. The molecule has 1 aliphatic carbocycles. The second kappa shape index (κ2) is 3.94. The van der Waals surface area contributed by atoms with E-state index in [1.807, 2.05) is 7.05 Å².